The third kappa shape index (κ3) is 2.88. The average molecular weight is 379 g/mol. The average Bonchev–Trinajstić information content (AvgIpc) is 3.15. The number of methoxy groups -OCH3 is 1. The van der Waals surface area contributed by atoms with Crippen molar-refractivity contribution in [2.75, 3.05) is 7.11 Å². The minimum atomic E-state index is 0.384. The van der Waals surface area contributed by atoms with Gasteiger partial charge in [0.05, 0.1) is 24.1 Å². The lowest BCUT2D eigenvalue weighted by Gasteiger charge is -2.03. The molecule has 0 aliphatic rings. The Labute approximate surface area is 139 Å². The van der Waals surface area contributed by atoms with Gasteiger partial charge in [-0.2, -0.15) is 9.78 Å². The molecule has 0 saturated carbocycles. The van der Waals surface area contributed by atoms with Crippen LogP contribution in [0.3, 0.4) is 0 Å². The van der Waals surface area contributed by atoms with E-state index in [-0.39, 0.29) is 0 Å². The van der Waals surface area contributed by atoms with Gasteiger partial charge in [-0.1, -0.05) is 0 Å². The first kappa shape index (κ1) is 14.7. The summed E-state index contributed by atoms with van der Waals surface area (Å²) >= 11 is 8.63. The minimum Gasteiger partial charge on any atom is -0.496 e. The third-order valence-electron chi connectivity index (χ3n) is 2.89. The molecule has 2 heterocycles. The Kier molecular flexibility index (Phi) is 4.21. The van der Waals surface area contributed by atoms with Crippen molar-refractivity contribution < 1.29 is 9.15 Å². The number of benzene rings is 1. The number of furan rings is 1. The van der Waals surface area contributed by atoms with Gasteiger partial charge < -0.3 is 9.15 Å². The van der Waals surface area contributed by atoms with Gasteiger partial charge in [0, 0.05) is 0 Å². The van der Waals surface area contributed by atoms with E-state index in [0.29, 0.717) is 16.4 Å². The number of aromatic amines is 1. The van der Waals surface area contributed by atoms with Crippen LogP contribution in [-0.2, 0) is 0 Å². The molecule has 0 atom stereocenters. The summed E-state index contributed by atoms with van der Waals surface area (Å²) in [6.45, 7) is 0. The second-order valence-electron chi connectivity index (χ2n) is 4.28. The number of H-pyrrole nitrogens is 1. The van der Waals surface area contributed by atoms with Crippen molar-refractivity contribution >= 4 is 34.4 Å². The monoisotopic (exact) mass is 378 g/mol. The van der Waals surface area contributed by atoms with Crippen LogP contribution in [0.2, 0.25) is 0 Å². The summed E-state index contributed by atoms with van der Waals surface area (Å²) in [5, 5.41) is 11.2. The maximum Gasteiger partial charge on any atom is 0.219 e. The maximum absolute atomic E-state index is 5.33. The molecule has 0 saturated heterocycles. The molecule has 0 fully saturated rings. The molecule has 22 heavy (non-hydrogen) atoms. The van der Waals surface area contributed by atoms with E-state index < -0.39 is 0 Å². The highest BCUT2D eigenvalue weighted by atomic mass is 79.9. The lowest BCUT2D eigenvalue weighted by atomic mass is 10.2. The van der Waals surface area contributed by atoms with Crippen molar-refractivity contribution in [2.24, 2.45) is 5.10 Å². The molecule has 0 radical (unpaired) electrons. The van der Waals surface area contributed by atoms with E-state index in [1.54, 1.807) is 31.7 Å². The number of rotatable bonds is 4. The standard InChI is InChI=1S/C14H11BrN4O2S/c1-20-11-5-4-9(7-10(11)15)8-16-19-13(17-18-14(19)22)12-3-2-6-21-12/h2-8H,1H3,(H,18,22). The molecule has 0 unspecified atom stereocenters. The van der Waals surface area contributed by atoms with Gasteiger partial charge in [0.15, 0.2) is 5.76 Å². The van der Waals surface area contributed by atoms with Crippen LogP contribution in [0.25, 0.3) is 11.6 Å². The molecule has 0 aliphatic carbocycles. The van der Waals surface area contributed by atoms with E-state index in [1.807, 2.05) is 18.2 Å². The summed E-state index contributed by atoms with van der Waals surface area (Å²) in [4.78, 5) is 0. The Hall–Kier alpha value is -2.19. The zero-order chi connectivity index (χ0) is 15.5. The quantitative estimate of drug-likeness (QED) is 0.552. The summed E-state index contributed by atoms with van der Waals surface area (Å²) < 4.78 is 13.3. The van der Waals surface area contributed by atoms with E-state index in [9.17, 15) is 0 Å². The zero-order valence-electron chi connectivity index (χ0n) is 11.5. The Morgan fingerprint density at radius 2 is 2.32 bits per heavy atom. The second kappa shape index (κ2) is 6.29. The molecule has 1 aromatic carbocycles. The van der Waals surface area contributed by atoms with Gasteiger partial charge in [-0.15, -0.1) is 5.10 Å². The van der Waals surface area contributed by atoms with Crippen LogP contribution in [0.1, 0.15) is 5.56 Å². The lowest BCUT2D eigenvalue weighted by molar-refractivity contribution is 0.412. The van der Waals surface area contributed by atoms with Gasteiger partial charge in [-0.25, -0.2) is 5.10 Å². The first-order valence-corrected chi connectivity index (χ1v) is 7.48. The largest absolute Gasteiger partial charge is 0.496 e. The number of hydrogen-bond acceptors (Lipinski definition) is 5. The maximum atomic E-state index is 5.33. The van der Waals surface area contributed by atoms with Crippen LogP contribution < -0.4 is 4.74 Å². The number of nitrogens with one attached hydrogen (secondary N) is 1. The molecule has 6 nitrogen and oxygen atoms in total. The highest BCUT2D eigenvalue weighted by molar-refractivity contribution is 9.10. The predicted octanol–water partition coefficient (Wildman–Crippen LogP) is 3.85. The molecule has 0 spiro atoms. The lowest BCUT2D eigenvalue weighted by Crippen LogP contribution is -1.94. The molecule has 112 valence electrons. The van der Waals surface area contributed by atoms with E-state index in [2.05, 4.69) is 31.2 Å². The molecule has 0 amide bonds. The third-order valence-corrected chi connectivity index (χ3v) is 3.77. The van der Waals surface area contributed by atoms with Crippen LogP contribution in [0.15, 0.2) is 50.6 Å². The number of hydrogen-bond donors (Lipinski definition) is 1. The van der Waals surface area contributed by atoms with E-state index in [4.69, 9.17) is 21.4 Å². The van der Waals surface area contributed by atoms with Crippen molar-refractivity contribution in [3.8, 4) is 17.3 Å². The van der Waals surface area contributed by atoms with Crippen LogP contribution in [0.5, 0.6) is 5.75 Å². The van der Waals surface area contributed by atoms with Crippen molar-refractivity contribution in [2.45, 2.75) is 0 Å². The molecule has 3 aromatic rings. The number of aromatic nitrogens is 3. The Balaban J connectivity index is 1.95. The van der Waals surface area contributed by atoms with Crippen LogP contribution in [0.4, 0.5) is 0 Å². The van der Waals surface area contributed by atoms with Gasteiger partial charge in [0.2, 0.25) is 10.6 Å². The Bertz CT molecular complexity index is 867. The van der Waals surface area contributed by atoms with E-state index >= 15 is 0 Å². The summed E-state index contributed by atoms with van der Waals surface area (Å²) in [6, 6.07) is 9.22. The van der Waals surface area contributed by atoms with Gasteiger partial charge in [0.25, 0.3) is 0 Å². The first-order chi connectivity index (χ1) is 10.7. The number of ether oxygens (including phenoxy) is 1. The van der Waals surface area contributed by atoms with Crippen molar-refractivity contribution in [1.29, 1.82) is 0 Å². The van der Waals surface area contributed by atoms with Crippen molar-refractivity contribution in [1.82, 2.24) is 14.9 Å². The highest BCUT2D eigenvalue weighted by Gasteiger charge is 2.10. The van der Waals surface area contributed by atoms with E-state index in [1.165, 1.54) is 4.68 Å². The normalized spacial score (nSPS) is 11.2. The fourth-order valence-electron chi connectivity index (χ4n) is 1.85. The van der Waals surface area contributed by atoms with E-state index in [0.717, 1.165) is 15.8 Å². The Morgan fingerprint density at radius 3 is 3.00 bits per heavy atom. The van der Waals surface area contributed by atoms with Gasteiger partial charge in [0.1, 0.15) is 5.75 Å². The molecule has 2 aromatic heterocycles. The smallest absolute Gasteiger partial charge is 0.219 e. The van der Waals surface area contributed by atoms with Crippen LogP contribution in [-0.4, -0.2) is 28.2 Å². The van der Waals surface area contributed by atoms with Crippen LogP contribution in [0, 0.1) is 4.77 Å². The molecule has 0 bridgehead atoms. The summed E-state index contributed by atoms with van der Waals surface area (Å²) in [6.07, 6.45) is 3.25. The molecular weight excluding hydrogens is 368 g/mol. The predicted molar refractivity (Wildman–Crippen MR) is 88.8 cm³/mol. The van der Waals surface area contributed by atoms with Crippen LogP contribution >= 0.6 is 28.1 Å². The van der Waals surface area contributed by atoms with Gasteiger partial charge in [-0.05, 0) is 64.0 Å². The van der Waals surface area contributed by atoms with Gasteiger partial charge >= 0.3 is 0 Å². The van der Waals surface area contributed by atoms with Crippen molar-refractivity contribution in [3.05, 3.63) is 51.4 Å². The fourth-order valence-corrected chi connectivity index (χ4v) is 2.59. The van der Waals surface area contributed by atoms with Gasteiger partial charge in [-0.3, -0.25) is 0 Å². The number of nitrogens with zero attached hydrogens (tertiary/aromatic N) is 3. The molecule has 8 heteroatoms. The zero-order valence-corrected chi connectivity index (χ0v) is 13.9. The molecule has 0 aliphatic heterocycles. The highest BCUT2D eigenvalue weighted by Crippen LogP contribution is 2.25. The molecular formula is C14H11BrN4O2S. The SMILES string of the molecule is COc1ccc(C=Nn2c(-c3ccco3)n[nH]c2=S)cc1Br. The molecule has 3 rings (SSSR count). The first-order valence-electron chi connectivity index (χ1n) is 6.28. The topological polar surface area (TPSA) is 68.3 Å². The number of halogens is 1. The summed E-state index contributed by atoms with van der Waals surface area (Å²) in [5.74, 6) is 1.85. The fraction of sp³-hybridized carbons (Fsp3) is 0.0714. The van der Waals surface area contributed by atoms with Crippen molar-refractivity contribution in [3.63, 3.8) is 0 Å². The second-order valence-corrected chi connectivity index (χ2v) is 5.52. The summed E-state index contributed by atoms with van der Waals surface area (Å²) in [5.41, 5.74) is 0.890. The minimum absolute atomic E-state index is 0.384. The Morgan fingerprint density at radius 1 is 1.45 bits per heavy atom. The summed E-state index contributed by atoms with van der Waals surface area (Å²) in [7, 11) is 1.62. The molecule has 1 N–H and O–H groups in total.